The number of anilines is 2. The van der Waals surface area contributed by atoms with Crippen molar-refractivity contribution >= 4 is 75.2 Å². The van der Waals surface area contributed by atoms with E-state index in [9.17, 15) is 4.39 Å². The van der Waals surface area contributed by atoms with Crippen molar-refractivity contribution in [1.82, 2.24) is 9.78 Å². The van der Waals surface area contributed by atoms with Crippen LogP contribution in [-0.2, 0) is 6.54 Å². The van der Waals surface area contributed by atoms with Crippen LogP contribution in [0, 0.1) is 5.82 Å². The van der Waals surface area contributed by atoms with Gasteiger partial charge in [-0.1, -0.05) is 52.5 Å². The van der Waals surface area contributed by atoms with Crippen LogP contribution < -0.4 is 10.6 Å². The number of rotatable bonds is 4. The molecular weight excluding hydrogens is 453 g/mol. The molecule has 0 atom stereocenters. The van der Waals surface area contributed by atoms with Gasteiger partial charge in [0.15, 0.2) is 10.9 Å². The van der Waals surface area contributed by atoms with E-state index in [0.717, 1.165) is 5.56 Å². The summed E-state index contributed by atoms with van der Waals surface area (Å²) in [5.41, 5.74) is 1.26. The van der Waals surface area contributed by atoms with E-state index in [0.29, 0.717) is 33.1 Å². The van der Waals surface area contributed by atoms with Crippen molar-refractivity contribution < 1.29 is 4.39 Å². The van der Waals surface area contributed by atoms with E-state index < -0.39 is 5.82 Å². The van der Waals surface area contributed by atoms with E-state index in [1.54, 1.807) is 29.1 Å². The van der Waals surface area contributed by atoms with Crippen LogP contribution in [-0.4, -0.2) is 14.9 Å². The van der Waals surface area contributed by atoms with E-state index >= 15 is 0 Å². The van der Waals surface area contributed by atoms with E-state index in [1.807, 2.05) is 0 Å². The Morgan fingerprint density at radius 2 is 1.70 bits per heavy atom. The lowest BCUT2D eigenvalue weighted by Crippen LogP contribution is -2.19. The highest BCUT2D eigenvalue weighted by Gasteiger charge is 2.12. The molecule has 4 nitrogen and oxygen atoms in total. The van der Waals surface area contributed by atoms with Crippen LogP contribution in [0.4, 0.5) is 15.9 Å². The van der Waals surface area contributed by atoms with Gasteiger partial charge in [-0.25, -0.2) is 4.39 Å². The molecule has 0 aliphatic rings. The Kier molecular flexibility index (Phi) is 6.44. The minimum absolute atomic E-state index is 0.0123. The van der Waals surface area contributed by atoms with Crippen molar-refractivity contribution in [3.63, 3.8) is 0 Å². The molecule has 0 spiro atoms. The molecule has 0 aliphatic carbocycles. The second-order valence-corrected chi connectivity index (χ2v) is 7.47. The van der Waals surface area contributed by atoms with Crippen LogP contribution >= 0.6 is 58.6 Å². The molecule has 10 heteroatoms. The first kappa shape index (κ1) is 20.2. The molecule has 0 radical (unpaired) electrons. The van der Waals surface area contributed by atoms with Crippen molar-refractivity contribution in [1.29, 1.82) is 0 Å². The quantitative estimate of drug-likeness (QED) is 0.433. The number of halogens is 5. The van der Waals surface area contributed by atoms with Crippen LogP contribution in [0.1, 0.15) is 5.56 Å². The number of aromatic nitrogens is 2. The third kappa shape index (κ3) is 5.03. The Morgan fingerprint density at radius 1 is 1.00 bits per heavy atom. The van der Waals surface area contributed by atoms with Gasteiger partial charge in [0.2, 0.25) is 0 Å². The molecule has 0 unspecified atom stereocenters. The molecule has 27 heavy (non-hydrogen) atoms. The van der Waals surface area contributed by atoms with Crippen LogP contribution in [0.2, 0.25) is 20.1 Å². The zero-order valence-electron chi connectivity index (χ0n) is 13.4. The summed E-state index contributed by atoms with van der Waals surface area (Å²) in [5.74, 6) is -0.160. The van der Waals surface area contributed by atoms with Crippen LogP contribution in [0.5, 0.6) is 0 Å². The second-order valence-electron chi connectivity index (χ2n) is 5.43. The first-order chi connectivity index (χ1) is 12.8. The Balaban J connectivity index is 1.71. The highest BCUT2D eigenvalue weighted by molar-refractivity contribution is 7.80. The molecule has 0 bridgehead atoms. The minimum Gasteiger partial charge on any atom is -0.332 e. The lowest BCUT2D eigenvalue weighted by Gasteiger charge is -2.10. The molecule has 0 fully saturated rings. The summed E-state index contributed by atoms with van der Waals surface area (Å²) in [6.07, 6.45) is 1.63. The van der Waals surface area contributed by atoms with Crippen molar-refractivity contribution in [2.75, 3.05) is 10.6 Å². The topological polar surface area (TPSA) is 41.9 Å². The Labute approximate surface area is 180 Å². The molecule has 0 saturated heterocycles. The Morgan fingerprint density at radius 3 is 2.37 bits per heavy atom. The van der Waals surface area contributed by atoms with Gasteiger partial charge in [-0.3, -0.25) is 4.68 Å². The van der Waals surface area contributed by atoms with Crippen molar-refractivity contribution in [2.24, 2.45) is 0 Å². The van der Waals surface area contributed by atoms with Crippen LogP contribution in [0.3, 0.4) is 0 Å². The SMILES string of the molecule is Fc1ccc(NC(=S)Nc2nn(Cc3c(Cl)cccc3Cl)cc2Cl)cc1Cl. The van der Waals surface area contributed by atoms with Crippen molar-refractivity contribution in [3.8, 4) is 0 Å². The summed E-state index contributed by atoms with van der Waals surface area (Å²) in [7, 11) is 0. The highest BCUT2D eigenvalue weighted by atomic mass is 35.5. The Hall–Kier alpha value is -1.57. The van der Waals surface area contributed by atoms with Crippen LogP contribution in [0.15, 0.2) is 42.6 Å². The summed E-state index contributed by atoms with van der Waals surface area (Å²) >= 11 is 29.6. The fraction of sp³-hybridized carbons (Fsp3) is 0.0588. The molecule has 2 N–H and O–H groups in total. The standard InChI is InChI=1S/C17H11Cl4FN4S/c18-11-2-1-3-12(19)10(11)7-26-8-14(21)16(25-26)24-17(27)23-9-4-5-15(22)13(20)6-9/h1-6,8H,7H2,(H2,23,24,25,27). The maximum Gasteiger partial charge on any atom is 0.176 e. The molecule has 3 rings (SSSR count). The minimum atomic E-state index is -0.513. The molecule has 0 aliphatic heterocycles. The first-order valence-corrected chi connectivity index (χ1v) is 9.44. The number of hydrogen-bond donors (Lipinski definition) is 2. The summed E-state index contributed by atoms with van der Waals surface area (Å²) in [5, 5.41) is 11.8. The van der Waals surface area contributed by atoms with Gasteiger partial charge in [-0.2, -0.15) is 5.10 Å². The number of nitrogens with zero attached hydrogens (tertiary/aromatic N) is 2. The molecule has 0 amide bonds. The van der Waals surface area contributed by atoms with E-state index in [-0.39, 0.29) is 10.1 Å². The normalized spacial score (nSPS) is 10.7. The maximum atomic E-state index is 13.2. The molecule has 1 aromatic heterocycles. The third-order valence-corrected chi connectivity index (χ3v) is 4.99. The summed E-state index contributed by atoms with van der Waals surface area (Å²) < 4.78 is 14.8. The fourth-order valence-electron chi connectivity index (χ4n) is 2.25. The predicted molar refractivity (Wildman–Crippen MR) is 114 cm³/mol. The van der Waals surface area contributed by atoms with Gasteiger partial charge in [0, 0.05) is 27.5 Å². The fourth-order valence-corrected chi connectivity index (χ4v) is 3.36. The maximum absolute atomic E-state index is 13.2. The lowest BCUT2D eigenvalue weighted by atomic mass is 10.2. The Bertz CT molecular complexity index is 988. The van der Waals surface area contributed by atoms with Gasteiger partial charge >= 0.3 is 0 Å². The van der Waals surface area contributed by atoms with Gasteiger partial charge < -0.3 is 10.6 Å². The van der Waals surface area contributed by atoms with Gasteiger partial charge in [0.25, 0.3) is 0 Å². The first-order valence-electron chi connectivity index (χ1n) is 7.52. The number of nitrogens with one attached hydrogen (secondary N) is 2. The smallest absolute Gasteiger partial charge is 0.176 e. The highest BCUT2D eigenvalue weighted by Crippen LogP contribution is 2.27. The van der Waals surface area contributed by atoms with E-state index in [4.69, 9.17) is 58.6 Å². The molecular formula is C17H11Cl4FN4S. The average Bonchev–Trinajstić information content (AvgIpc) is 2.94. The van der Waals surface area contributed by atoms with E-state index in [1.165, 1.54) is 18.2 Å². The second kappa shape index (κ2) is 8.63. The zero-order valence-corrected chi connectivity index (χ0v) is 17.3. The molecule has 2 aromatic carbocycles. The van der Waals surface area contributed by atoms with Gasteiger partial charge in [-0.15, -0.1) is 0 Å². The summed E-state index contributed by atoms with van der Waals surface area (Å²) in [4.78, 5) is 0. The number of hydrogen-bond acceptors (Lipinski definition) is 2. The molecule has 140 valence electrons. The number of thiocarbonyl (C=S) groups is 1. The molecule has 0 saturated carbocycles. The zero-order chi connectivity index (χ0) is 19.6. The van der Waals surface area contributed by atoms with Gasteiger partial charge in [0.1, 0.15) is 10.8 Å². The van der Waals surface area contributed by atoms with Crippen molar-refractivity contribution in [3.05, 3.63) is 74.1 Å². The van der Waals surface area contributed by atoms with Crippen molar-refractivity contribution in [2.45, 2.75) is 6.54 Å². The largest absolute Gasteiger partial charge is 0.332 e. The third-order valence-electron chi connectivity index (χ3n) is 3.51. The summed E-state index contributed by atoms with van der Waals surface area (Å²) in [6.45, 7) is 0.341. The van der Waals surface area contributed by atoms with Gasteiger partial charge in [-0.05, 0) is 42.5 Å². The predicted octanol–water partition coefficient (Wildman–Crippen LogP) is 6.49. The molecule has 1 heterocycles. The lowest BCUT2D eigenvalue weighted by molar-refractivity contribution is 0.628. The van der Waals surface area contributed by atoms with Gasteiger partial charge in [0.05, 0.1) is 11.6 Å². The molecule has 3 aromatic rings. The average molecular weight is 464 g/mol. The number of benzene rings is 2. The van der Waals surface area contributed by atoms with Crippen LogP contribution in [0.25, 0.3) is 0 Å². The van der Waals surface area contributed by atoms with E-state index in [2.05, 4.69) is 15.7 Å². The monoisotopic (exact) mass is 462 g/mol. The summed E-state index contributed by atoms with van der Waals surface area (Å²) in [6, 6.07) is 9.43.